The van der Waals surface area contributed by atoms with Gasteiger partial charge in [0.25, 0.3) is 0 Å². The maximum absolute atomic E-state index is 11.8. The van der Waals surface area contributed by atoms with Crippen LogP contribution in [0, 0.1) is 0 Å². The first-order chi connectivity index (χ1) is 10.0. The molecule has 0 bridgehead atoms. The minimum atomic E-state index is -0.440. The van der Waals surface area contributed by atoms with Gasteiger partial charge in [0.15, 0.2) is 0 Å². The number of carbonyl (C=O) groups is 1. The summed E-state index contributed by atoms with van der Waals surface area (Å²) < 4.78 is 5.72. The first kappa shape index (κ1) is 13.4. The van der Waals surface area contributed by atoms with E-state index < -0.39 is 5.91 Å². The number of amides is 1. The molecule has 106 valence electrons. The van der Waals surface area contributed by atoms with Crippen LogP contribution in [-0.2, 0) is 0 Å². The Morgan fingerprint density at radius 1 is 1.00 bits per heavy atom. The van der Waals surface area contributed by atoms with Crippen LogP contribution in [0.25, 0.3) is 21.5 Å². The average Bonchev–Trinajstić information content (AvgIpc) is 2.43. The van der Waals surface area contributed by atoms with E-state index in [2.05, 4.69) is 12.1 Å². The van der Waals surface area contributed by atoms with Crippen molar-refractivity contribution in [3.05, 3.63) is 54.1 Å². The third-order valence-electron chi connectivity index (χ3n) is 3.43. The lowest BCUT2D eigenvalue weighted by atomic mass is 9.99. The molecular weight excluding hydrogens is 262 g/mol. The summed E-state index contributed by atoms with van der Waals surface area (Å²) in [6, 6.07) is 15.8. The predicted octanol–water partition coefficient (Wildman–Crippen LogP) is 3.88. The molecule has 2 N–H and O–H groups in total. The monoisotopic (exact) mass is 279 g/mol. The number of hydrogen-bond donors (Lipinski definition) is 1. The van der Waals surface area contributed by atoms with Crippen molar-refractivity contribution in [1.29, 1.82) is 0 Å². The summed E-state index contributed by atoms with van der Waals surface area (Å²) in [5.74, 6) is 0.228. The normalized spacial score (nSPS) is 11.2. The van der Waals surface area contributed by atoms with Crippen molar-refractivity contribution in [3.63, 3.8) is 0 Å². The van der Waals surface area contributed by atoms with E-state index in [4.69, 9.17) is 10.5 Å². The molecule has 0 saturated heterocycles. The standard InChI is InChI=1S/C18H17NO2/c1-11(2)21-15-8-14-7-12-5-3-4-6-13(12)9-16(14)17(10-15)18(19)20/h3-11H,1-2H3,(H2,19,20). The van der Waals surface area contributed by atoms with Gasteiger partial charge in [0.1, 0.15) is 5.75 Å². The van der Waals surface area contributed by atoms with Gasteiger partial charge in [-0.25, -0.2) is 0 Å². The Morgan fingerprint density at radius 2 is 1.67 bits per heavy atom. The molecule has 3 aromatic rings. The van der Waals surface area contributed by atoms with E-state index >= 15 is 0 Å². The van der Waals surface area contributed by atoms with Gasteiger partial charge in [-0.3, -0.25) is 4.79 Å². The molecule has 0 atom stereocenters. The molecule has 3 rings (SSSR count). The minimum Gasteiger partial charge on any atom is -0.491 e. The van der Waals surface area contributed by atoms with Crippen molar-refractivity contribution < 1.29 is 9.53 Å². The highest BCUT2D eigenvalue weighted by Crippen LogP contribution is 2.30. The van der Waals surface area contributed by atoms with Gasteiger partial charge in [0, 0.05) is 0 Å². The van der Waals surface area contributed by atoms with Gasteiger partial charge in [0.2, 0.25) is 5.91 Å². The van der Waals surface area contributed by atoms with E-state index in [1.807, 2.05) is 44.2 Å². The number of rotatable bonds is 3. The average molecular weight is 279 g/mol. The predicted molar refractivity (Wildman–Crippen MR) is 85.7 cm³/mol. The summed E-state index contributed by atoms with van der Waals surface area (Å²) in [7, 11) is 0. The topological polar surface area (TPSA) is 52.3 Å². The molecule has 3 heteroatoms. The van der Waals surface area contributed by atoms with E-state index in [1.165, 1.54) is 0 Å². The van der Waals surface area contributed by atoms with Crippen molar-refractivity contribution in [2.24, 2.45) is 5.73 Å². The van der Waals surface area contributed by atoms with Gasteiger partial charge >= 0.3 is 0 Å². The number of ether oxygens (including phenoxy) is 1. The number of benzene rings is 3. The molecule has 0 fully saturated rings. The Labute approximate surface area is 123 Å². The van der Waals surface area contributed by atoms with Gasteiger partial charge < -0.3 is 10.5 Å². The maximum atomic E-state index is 11.8. The summed E-state index contributed by atoms with van der Waals surface area (Å²) >= 11 is 0. The summed E-state index contributed by atoms with van der Waals surface area (Å²) in [6.07, 6.45) is 0.0450. The van der Waals surface area contributed by atoms with E-state index in [9.17, 15) is 4.79 Å². The van der Waals surface area contributed by atoms with Crippen LogP contribution in [0.2, 0.25) is 0 Å². The Bertz CT molecular complexity index is 837. The number of hydrogen-bond acceptors (Lipinski definition) is 2. The molecule has 0 aromatic heterocycles. The lowest BCUT2D eigenvalue weighted by Crippen LogP contribution is -2.13. The van der Waals surface area contributed by atoms with Crippen molar-refractivity contribution >= 4 is 27.5 Å². The third-order valence-corrected chi connectivity index (χ3v) is 3.43. The molecule has 21 heavy (non-hydrogen) atoms. The highest BCUT2D eigenvalue weighted by molar-refractivity contribution is 6.10. The van der Waals surface area contributed by atoms with Crippen molar-refractivity contribution in [3.8, 4) is 5.75 Å². The first-order valence-electron chi connectivity index (χ1n) is 6.97. The largest absolute Gasteiger partial charge is 0.491 e. The molecule has 0 radical (unpaired) electrons. The highest BCUT2D eigenvalue weighted by atomic mass is 16.5. The highest BCUT2D eigenvalue weighted by Gasteiger charge is 2.11. The van der Waals surface area contributed by atoms with E-state index in [-0.39, 0.29) is 6.10 Å². The van der Waals surface area contributed by atoms with Crippen LogP contribution in [0.15, 0.2) is 48.5 Å². The third kappa shape index (κ3) is 2.55. The minimum absolute atomic E-state index is 0.0450. The Morgan fingerprint density at radius 3 is 2.29 bits per heavy atom. The van der Waals surface area contributed by atoms with E-state index in [0.717, 1.165) is 21.5 Å². The molecule has 0 aliphatic heterocycles. The second kappa shape index (κ2) is 5.09. The zero-order valence-corrected chi connectivity index (χ0v) is 12.1. The molecule has 0 aliphatic carbocycles. The van der Waals surface area contributed by atoms with Crippen molar-refractivity contribution in [1.82, 2.24) is 0 Å². The number of primary amides is 1. The summed E-state index contributed by atoms with van der Waals surface area (Å²) in [6.45, 7) is 3.91. The number of nitrogens with two attached hydrogens (primary N) is 1. The van der Waals surface area contributed by atoms with Crippen LogP contribution in [0.1, 0.15) is 24.2 Å². The summed E-state index contributed by atoms with van der Waals surface area (Å²) in [5.41, 5.74) is 6.02. The van der Waals surface area contributed by atoms with Crippen molar-refractivity contribution in [2.45, 2.75) is 20.0 Å². The van der Waals surface area contributed by atoms with Crippen molar-refractivity contribution in [2.75, 3.05) is 0 Å². The van der Waals surface area contributed by atoms with E-state index in [1.54, 1.807) is 6.07 Å². The second-order valence-electron chi connectivity index (χ2n) is 5.42. The van der Waals surface area contributed by atoms with Crippen LogP contribution in [0.3, 0.4) is 0 Å². The molecule has 3 nitrogen and oxygen atoms in total. The summed E-state index contributed by atoms with van der Waals surface area (Å²) in [5, 5.41) is 4.03. The van der Waals surface area contributed by atoms with Gasteiger partial charge in [0.05, 0.1) is 11.7 Å². The fourth-order valence-electron chi connectivity index (χ4n) is 2.57. The zero-order chi connectivity index (χ0) is 15.0. The Balaban J connectivity index is 2.32. The maximum Gasteiger partial charge on any atom is 0.249 e. The van der Waals surface area contributed by atoms with Crippen LogP contribution in [0.5, 0.6) is 5.75 Å². The van der Waals surface area contributed by atoms with E-state index in [0.29, 0.717) is 11.3 Å². The first-order valence-corrected chi connectivity index (χ1v) is 6.97. The molecular formula is C18H17NO2. The fraction of sp³-hybridized carbons (Fsp3) is 0.167. The summed E-state index contributed by atoms with van der Waals surface area (Å²) in [4.78, 5) is 11.8. The van der Waals surface area contributed by atoms with Gasteiger partial charge in [-0.1, -0.05) is 24.3 Å². The molecule has 0 spiro atoms. The molecule has 3 aromatic carbocycles. The van der Waals surface area contributed by atoms with Crippen LogP contribution >= 0.6 is 0 Å². The second-order valence-corrected chi connectivity index (χ2v) is 5.42. The van der Waals surface area contributed by atoms with Gasteiger partial charge in [-0.05, 0) is 59.7 Å². The van der Waals surface area contributed by atoms with Crippen LogP contribution in [-0.4, -0.2) is 12.0 Å². The zero-order valence-electron chi connectivity index (χ0n) is 12.1. The smallest absolute Gasteiger partial charge is 0.249 e. The lowest BCUT2D eigenvalue weighted by molar-refractivity contribution is 0.100. The van der Waals surface area contributed by atoms with Crippen LogP contribution < -0.4 is 10.5 Å². The quantitative estimate of drug-likeness (QED) is 0.740. The SMILES string of the molecule is CC(C)Oc1cc(C(N)=O)c2cc3ccccc3cc2c1. The Kier molecular flexibility index (Phi) is 3.26. The van der Waals surface area contributed by atoms with Crippen LogP contribution in [0.4, 0.5) is 0 Å². The van der Waals surface area contributed by atoms with Gasteiger partial charge in [-0.2, -0.15) is 0 Å². The number of fused-ring (bicyclic) bond motifs is 2. The molecule has 1 amide bonds. The molecule has 0 unspecified atom stereocenters. The van der Waals surface area contributed by atoms with Gasteiger partial charge in [-0.15, -0.1) is 0 Å². The molecule has 0 aliphatic rings. The fourth-order valence-corrected chi connectivity index (χ4v) is 2.57. The number of carbonyl (C=O) groups excluding carboxylic acids is 1. The molecule has 0 saturated carbocycles. The lowest BCUT2D eigenvalue weighted by Gasteiger charge is -2.13. The Hall–Kier alpha value is -2.55. The molecule has 0 heterocycles.